The van der Waals surface area contributed by atoms with Crippen LogP contribution in [0.4, 0.5) is 0 Å². The number of nitrogens with two attached hydrogens (primary N) is 1. The average molecular weight is 273 g/mol. The molecule has 2 rings (SSSR count). The van der Waals surface area contributed by atoms with Gasteiger partial charge in [0.05, 0.1) is 6.67 Å². The fourth-order valence-electron chi connectivity index (χ4n) is 2.16. The molecular formula is C15H23N5. The van der Waals surface area contributed by atoms with Crippen LogP contribution in [0.3, 0.4) is 0 Å². The predicted molar refractivity (Wildman–Crippen MR) is 83.2 cm³/mol. The van der Waals surface area contributed by atoms with Crippen LogP contribution in [-0.4, -0.2) is 31.6 Å². The smallest absolute Gasteiger partial charge is 0.195 e. The minimum Gasteiger partial charge on any atom is -0.370 e. The van der Waals surface area contributed by atoms with E-state index in [-0.39, 0.29) is 6.04 Å². The van der Waals surface area contributed by atoms with Crippen LogP contribution >= 0.6 is 0 Å². The van der Waals surface area contributed by atoms with Crippen molar-refractivity contribution < 1.29 is 0 Å². The summed E-state index contributed by atoms with van der Waals surface area (Å²) in [4.78, 5) is 6.54. The zero-order chi connectivity index (χ0) is 14.7. The van der Waals surface area contributed by atoms with E-state index in [1.807, 2.05) is 14.1 Å². The zero-order valence-corrected chi connectivity index (χ0v) is 12.6. The van der Waals surface area contributed by atoms with E-state index in [1.165, 1.54) is 16.7 Å². The van der Waals surface area contributed by atoms with Crippen LogP contribution in [0.25, 0.3) is 0 Å². The Labute approximate surface area is 120 Å². The summed E-state index contributed by atoms with van der Waals surface area (Å²) in [7, 11) is 4.02. The second-order valence-corrected chi connectivity index (χ2v) is 5.37. The first-order valence-corrected chi connectivity index (χ1v) is 6.74. The molecule has 4 N–H and O–H groups in total. The molecule has 20 heavy (non-hydrogen) atoms. The van der Waals surface area contributed by atoms with Crippen molar-refractivity contribution in [3.63, 3.8) is 0 Å². The molecule has 0 aliphatic carbocycles. The van der Waals surface area contributed by atoms with Crippen LogP contribution in [0.1, 0.15) is 22.7 Å². The van der Waals surface area contributed by atoms with Gasteiger partial charge in [0.1, 0.15) is 11.9 Å². The molecule has 0 radical (unpaired) electrons. The highest BCUT2D eigenvalue weighted by atomic mass is 15.3. The molecule has 1 unspecified atom stereocenters. The summed E-state index contributed by atoms with van der Waals surface area (Å²) in [5, 5.41) is 6.36. The molecule has 0 aromatic heterocycles. The Balaban J connectivity index is 2.25. The fourth-order valence-corrected chi connectivity index (χ4v) is 2.16. The Hall–Kier alpha value is -2.01. The molecule has 5 heteroatoms. The molecule has 1 atom stereocenters. The first-order chi connectivity index (χ1) is 9.47. The minimum absolute atomic E-state index is 0.0409. The lowest BCUT2D eigenvalue weighted by Gasteiger charge is -2.24. The van der Waals surface area contributed by atoms with E-state index in [4.69, 9.17) is 5.73 Å². The van der Waals surface area contributed by atoms with Crippen molar-refractivity contribution in [2.24, 2.45) is 10.7 Å². The van der Waals surface area contributed by atoms with Crippen LogP contribution < -0.4 is 16.4 Å². The summed E-state index contributed by atoms with van der Waals surface area (Å²) >= 11 is 0. The number of hydrogen-bond acceptors (Lipinski definition) is 5. The molecule has 1 aromatic rings. The molecule has 108 valence electrons. The van der Waals surface area contributed by atoms with Gasteiger partial charge in [-0.3, -0.25) is 4.90 Å². The zero-order valence-electron chi connectivity index (χ0n) is 12.6. The Bertz CT molecular complexity index is 545. The van der Waals surface area contributed by atoms with Crippen LogP contribution in [-0.2, 0) is 0 Å². The van der Waals surface area contributed by atoms with Crippen molar-refractivity contribution >= 4 is 5.96 Å². The van der Waals surface area contributed by atoms with Gasteiger partial charge < -0.3 is 16.4 Å². The summed E-state index contributed by atoms with van der Waals surface area (Å²) in [5.74, 6) is 1.34. The Morgan fingerprint density at radius 1 is 1.35 bits per heavy atom. The van der Waals surface area contributed by atoms with Crippen molar-refractivity contribution in [3.05, 3.63) is 46.8 Å². The monoisotopic (exact) mass is 273 g/mol. The highest BCUT2D eigenvalue weighted by molar-refractivity contribution is 5.81. The molecule has 0 saturated carbocycles. The van der Waals surface area contributed by atoms with Crippen molar-refractivity contribution in [1.82, 2.24) is 15.5 Å². The normalized spacial score (nSPS) is 18.4. The highest BCUT2D eigenvalue weighted by Gasteiger charge is 2.17. The average Bonchev–Trinajstić information content (AvgIpc) is 2.39. The largest absolute Gasteiger partial charge is 0.370 e. The van der Waals surface area contributed by atoms with E-state index in [2.05, 4.69) is 58.6 Å². The minimum atomic E-state index is -0.0409. The van der Waals surface area contributed by atoms with Crippen molar-refractivity contribution in [2.45, 2.75) is 19.9 Å². The SMILES string of the molecule is Cc1cccc(C2C=C(NCN(C)C)NC(N)=N2)c1C. The molecule has 0 spiro atoms. The van der Waals surface area contributed by atoms with Gasteiger partial charge in [-0.15, -0.1) is 0 Å². The molecule has 1 aromatic carbocycles. The summed E-state index contributed by atoms with van der Waals surface area (Å²) < 4.78 is 0. The molecular weight excluding hydrogens is 250 g/mol. The molecule has 1 heterocycles. The number of nitrogens with zero attached hydrogens (tertiary/aromatic N) is 2. The van der Waals surface area contributed by atoms with Gasteiger partial charge in [0.2, 0.25) is 0 Å². The number of guanidine groups is 1. The molecule has 1 aliphatic rings. The van der Waals surface area contributed by atoms with E-state index in [1.54, 1.807) is 0 Å². The third-order valence-electron chi connectivity index (χ3n) is 3.42. The van der Waals surface area contributed by atoms with Crippen LogP contribution in [0.15, 0.2) is 35.1 Å². The van der Waals surface area contributed by atoms with Crippen LogP contribution in [0.2, 0.25) is 0 Å². The van der Waals surface area contributed by atoms with Crippen molar-refractivity contribution in [3.8, 4) is 0 Å². The molecule has 5 nitrogen and oxygen atoms in total. The standard InChI is InChI=1S/C15H23N5/c1-10-6-5-7-12(11(10)2)13-8-14(17-9-20(3)4)19-15(16)18-13/h5-8,13,17H,9H2,1-4H3,(H3,16,18,19). The molecule has 0 amide bonds. The Morgan fingerprint density at radius 2 is 2.10 bits per heavy atom. The van der Waals surface area contributed by atoms with Crippen molar-refractivity contribution in [1.29, 1.82) is 0 Å². The van der Waals surface area contributed by atoms with E-state index < -0.39 is 0 Å². The van der Waals surface area contributed by atoms with Gasteiger partial charge in [-0.2, -0.15) is 0 Å². The third kappa shape index (κ3) is 3.30. The van der Waals surface area contributed by atoms with Crippen LogP contribution in [0, 0.1) is 13.8 Å². The lowest BCUT2D eigenvalue weighted by Crippen LogP contribution is -2.42. The van der Waals surface area contributed by atoms with Gasteiger partial charge in [-0.1, -0.05) is 18.2 Å². The first-order valence-electron chi connectivity index (χ1n) is 6.74. The second-order valence-electron chi connectivity index (χ2n) is 5.37. The molecule has 0 bridgehead atoms. The van der Waals surface area contributed by atoms with Gasteiger partial charge >= 0.3 is 0 Å². The summed E-state index contributed by atoms with van der Waals surface area (Å²) in [6.07, 6.45) is 2.07. The van der Waals surface area contributed by atoms with E-state index in [9.17, 15) is 0 Å². The van der Waals surface area contributed by atoms with Gasteiger partial charge in [0.25, 0.3) is 0 Å². The highest BCUT2D eigenvalue weighted by Crippen LogP contribution is 2.26. The number of hydrogen-bond donors (Lipinski definition) is 3. The summed E-state index contributed by atoms with van der Waals surface area (Å²) in [6, 6.07) is 6.24. The van der Waals surface area contributed by atoms with Gasteiger partial charge in [-0.25, -0.2) is 4.99 Å². The van der Waals surface area contributed by atoms with E-state index in [0.29, 0.717) is 5.96 Å². The van der Waals surface area contributed by atoms with Gasteiger partial charge in [0.15, 0.2) is 5.96 Å². The maximum absolute atomic E-state index is 5.89. The van der Waals surface area contributed by atoms with Gasteiger partial charge in [-0.05, 0) is 50.7 Å². The topological polar surface area (TPSA) is 65.7 Å². The maximum Gasteiger partial charge on any atom is 0.195 e. The Kier molecular flexibility index (Phi) is 4.29. The molecule has 0 saturated heterocycles. The summed E-state index contributed by atoms with van der Waals surface area (Å²) in [5.41, 5.74) is 9.62. The van der Waals surface area contributed by atoms with Crippen LogP contribution in [0.5, 0.6) is 0 Å². The molecule has 1 aliphatic heterocycles. The number of benzene rings is 1. The third-order valence-corrected chi connectivity index (χ3v) is 3.42. The van der Waals surface area contributed by atoms with E-state index >= 15 is 0 Å². The number of nitrogens with one attached hydrogen (secondary N) is 2. The number of rotatable bonds is 4. The number of aryl methyl sites for hydroxylation is 1. The van der Waals surface area contributed by atoms with Crippen molar-refractivity contribution in [2.75, 3.05) is 20.8 Å². The predicted octanol–water partition coefficient (Wildman–Crippen LogP) is 1.21. The quantitative estimate of drug-likeness (QED) is 0.722. The maximum atomic E-state index is 5.89. The van der Waals surface area contributed by atoms with Gasteiger partial charge in [0, 0.05) is 0 Å². The lowest BCUT2D eigenvalue weighted by atomic mass is 9.97. The van der Waals surface area contributed by atoms with E-state index in [0.717, 1.165) is 12.5 Å². The fraction of sp³-hybridized carbons (Fsp3) is 0.400. The first kappa shape index (κ1) is 14.4. The lowest BCUT2D eigenvalue weighted by molar-refractivity contribution is 0.382. The molecule has 0 fully saturated rings. The Morgan fingerprint density at radius 3 is 2.80 bits per heavy atom. The number of aliphatic imine (C=N–C) groups is 1. The second kappa shape index (κ2) is 5.96. The summed E-state index contributed by atoms with van der Waals surface area (Å²) in [6.45, 7) is 4.98.